The number of benzene rings is 1. The first-order valence-corrected chi connectivity index (χ1v) is 7.47. The zero-order valence-electron chi connectivity index (χ0n) is 11.8. The van der Waals surface area contributed by atoms with E-state index in [-0.39, 0.29) is 0 Å². The molecular weight excluding hydrogens is 236 g/mol. The normalized spacial score (nSPS) is 26.3. The number of anilines is 1. The summed E-state index contributed by atoms with van der Waals surface area (Å²) in [6.45, 7) is 1.78. The highest BCUT2D eigenvalue weighted by Gasteiger charge is 2.36. The molecule has 0 radical (unpaired) electrons. The fourth-order valence-corrected chi connectivity index (χ4v) is 3.82. The molecule has 2 N–H and O–H groups in total. The lowest BCUT2D eigenvalue weighted by Gasteiger charge is -2.34. The van der Waals surface area contributed by atoms with E-state index in [2.05, 4.69) is 17.0 Å². The van der Waals surface area contributed by atoms with Crippen LogP contribution in [0.3, 0.4) is 0 Å². The molecule has 3 heteroatoms. The van der Waals surface area contributed by atoms with E-state index in [0.29, 0.717) is 6.54 Å². The molecular formula is C16H24N2O. The molecule has 1 saturated carbocycles. The third kappa shape index (κ3) is 2.32. The fraction of sp³-hybridized carbons (Fsp3) is 0.625. The molecule has 1 saturated heterocycles. The van der Waals surface area contributed by atoms with E-state index >= 15 is 0 Å². The van der Waals surface area contributed by atoms with E-state index in [0.717, 1.165) is 17.7 Å². The predicted molar refractivity (Wildman–Crippen MR) is 78.6 cm³/mol. The highest BCUT2D eigenvalue weighted by molar-refractivity contribution is 5.59. The molecule has 1 aromatic carbocycles. The van der Waals surface area contributed by atoms with Crippen LogP contribution in [0.15, 0.2) is 18.2 Å². The molecule has 2 unspecified atom stereocenters. The van der Waals surface area contributed by atoms with Gasteiger partial charge in [-0.25, -0.2) is 0 Å². The van der Waals surface area contributed by atoms with Crippen LogP contribution < -0.4 is 15.4 Å². The second kappa shape index (κ2) is 5.41. The molecule has 0 amide bonds. The van der Waals surface area contributed by atoms with Crippen molar-refractivity contribution < 1.29 is 4.74 Å². The second-order valence-corrected chi connectivity index (χ2v) is 5.79. The maximum atomic E-state index is 5.91. The minimum Gasteiger partial charge on any atom is -0.497 e. The topological polar surface area (TPSA) is 38.5 Å². The summed E-state index contributed by atoms with van der Waals surface area (Å²) >= 11 is 0. The quantitative estimate of drug-likeness (QED) is 0.908. The first-order chi connectivity index (χ1) is 9.33. The lowest BCUT2D eigenvalue weighted by Crippen LogP contribution is -2.35. The van der Waals surface area contributed by atoms with Crippen molar-refractivity contribution in [2.24, 2.45) is 11.7 Å². The average molecular weight is 260 g/mol. The molecule has 1 heterocycles. The monoisotopic (exact) mass is 260 g/mol. The SMILES string of the molecule is COc1ccc(CN)c(N2CCC3CCCCC32)c1. The third-order valence-corrected chi connectivity index (χ3v) is 4.83. The van der Waals surface area contributed by atoms with Gasteiger partial charge in [0.25, 0.3) is 0 Å². The number of hydrogen-bond acceptors (Lipinski definition) is 3. The fourth-order valence-electron chi connectivity index (χ4n) is 3.82. The number of nitrogens with zero attached hydrogens (tertiary/aromatic N) is 1. The van der Waals surface area contributed by atoms with Crippen LogP contribution in [-0.2, 0) is 6.54 Å². The number of rotatable bonds is 3. The van der Waals surface area contributed by atoms with Gasteiger partial charge in [-0.1, -0.05) is 18.9 Å². The van der Waals surface area contributed by atoms with Crippen LogP contribution in [0.25, 0.3) is 0 Å². The Balaban J connectivity index is 1.92. The Kier molecular flexibility index (Phi) is 3.65. The van der Waals surface area contributed by atoms with Gasteiger partial charge in [-0.2, -0.15) is 0 Å². The number of methoxy groups -OCH3 is 1. The molecule has 1 aromatic rings. The minimum atomic E-state index is 0.604. The second-order valence-electron chi connectivity index (χ2n) is 5.79. The molecule has 2 aliphatic rings. The van der Waals surface area contributed by atoms with E-state index < -0.39 is 0 Å². The Morgan fingerprint density at radius 3 is 2.89 bits per heavy atom. The minimum absolute atomic E-state index is 0.604. The van der Waals surface area contributed by atoms with Gasteiger partial charge in [0.1, 0.15) is 5.75 Å². The number of ether oxygens (including phenoxy) is 1. The highest BCUT2D eigenvalue weighted by Crippen LogP contribution is 2.40. The van der Waals surface area contributed by atoms with Crippen molar-refractivity contribution in [3.8, 4) is 5.75 Å². The summed E-state index contributed by atoms with van der Waals surface area (Å²) in [5, 5.41) is 0. The molecule has 0 aromatic heterocycles. The summed E-state index contributed by atoms with van der Waals surface area (Å²) in [7, 11) is 1.73. The predicted octanol–water partition coefficient (Wildman–Crippen LogP) is 2.92. The Morgan fingerprint density at radius 2 is 2.11 bits per heavy atom. The van der Waals surface area contributed by atoms with Gasteiger partial charge in [0.2, 0.25) is 0 Å². The Hall–Kier alpha value is -1.22. The van der Waals surface area contributed by atoms with E-state index in [4.69, 9.17) is 10.5 Å². The van der Waals surface area contributed by atoms with Crippen LogP contribution in [0.2, 0.25) is 0 Å². The molecule has 2 fully saturated rings. The van der Waals surface area contributed by atoms with Gasteiger partial charge >= 0.3 is 0 Å². The summed E-state index contributed by atoms with van der Waals surface area (Å²) in [6.07, 6.45) is 6.87. The van der Waals surface area contributed by atoms with Crippen molar-refractivity contribution in [1.82, 2.24) is 0 Å². The molecule has 104 valence electrons. The van der Waals surface area contributed by atoms with Crippen molar-refractivity contribution in [3.63, 3.8) is 0 Å². The standard InChI is InChI=1S/C16H24N2O/c1-19-14-7-6-13(11-17)16(10-14)18-9-8-12-4-2-3-5-15(12)18/h6-7,10,12,15H,2-5,8-9,11,17H2,1H3. The van der Waals surface area contributed by atoms with Crippen LogP contribution in [0, 0.1) is 5.92 Å². The zero-order valence-corrected chi connectivity index (χ0v) is 11.8. The maximum absolute atomic E-state index is 5.91. The van der Waals surface area contributed by atoms with Crippen molar-refractivity contribution in [2.75, 3.05) is 18.6 Å². The molecule has 2 atom stereocenters. The highest BCUT2D eigenvalue weighted by atomic mass is 16.5. The summed E-state index contributed by atoms with van der Waals surface area (Å²) < 4.78 is 5.38. The molecule has 0 spiro atoms. The van der Waals surface area contributed by atoms with Gasteiger partial charge in [-0.15, -0.1) is 0 Å². The Labute approximate surface area is 115 Å². The number of fused-ring (bicyclic) bond motifs is 1. The van der Waals surface area contributed by atoms with Gasteiger partial charge in [-0.05, 0) is 36.8 Å². The summed E-state index contributed by atoms with van der Waals surface area (Å²) in [4.78, 5) is 2.59. The molecule has 19 heavy (non-hydrogen) atoms. The number of hydrogen-bond donors (Lipinski definition) is 1. The van der Waals surface area contributed by atoms with Crippen LogP contribution in [-0.4, -0.2) is 19.7 Å². The average Bonchev–Trinajstić information content (AvgIpc) is 2.90. The Morgan fingerprint density at radius 1 is 1.26 bits per heavy atom. The van der Waals surface area contributed by atoms with Crippen molar-refractivity contribution >= 4 is 5.69 Å². The van der Waals surface area contributed by atoms with E-state index in [9.17, 15) is 0 Å². The van der Waals surface area contributed by atoms with E-state index in [1.54, 1.807) is 7.11 Å². The zero-order chi connectivity index (χ0) is 13.2. The van der Waals surface area contributed by atoms with Gasteiger partial charge in [0, 0.05) is 30.9 Å². The first kappa shape index (κ1) is 12.8. The van der Waals surface area contributed by atoms with Crippen molar-refractivity contribution in [1.29, 1.82) is 0 Å². The third-order valence-electron chi connectivity index (χ3n) is 4.83. The van der Waals surface area contributed by atoms with Gasteiger partial charge in [0.15, 0.2) is 0 Å². The summed E-state index contributed by atoms with van der Waals surface area (Å²) in [5.74, 6) is 1.83. The van der Waals surface area contributed by atoms with Crippen LogP contribution in [0.4, 0.5) is 5.69 Å². The molecule has 3 nitrogen and oxygen atoms in total. The van der Waals surface area contributed by atoms with Crippen molar-refractivity contribution in [3.05, 3.63) is 23.8 Å². The number of nitrogens with two attached hydrogens (primary N) is 1. The maximum Gasteiger partial charge on any atom is 0.120 e. The smallest absolute Gasteiger partial charge is 0.120 e. The van der Waals surface area contributed by atoms with E-state index in [1.165, 1.54) is 49.9 Å². The van der Waals surface area contributed by atoms with Gasteiger partial charge in [0.05, 0.1) is 7.11 Å². The van der Waals surface area contributed by atoms with Crippen LogP contribution >= 0.6 is 0 Å². The van der Waals surface area contributed by atoms with E-state index in [1.807, 2.05) is 6.07 Å². The van der Waals surface area contributed by atoms with Gasteiger partial charge in [-0.3, -0.25) is 0 Å². The van der Waals surface area contributed by atoms with Crippen LogP contribution in [0.5, 0.6) is 5.75 Å². The Bertz CT molecular complexity index is 446. The largest absolute Gasteiger partial charge is 0.497 e. The van der Waals surface area contributed by atoms with Crippen molar-refractivity contribution in [2.45, 2.75) is 44.7 Å². The molecule has 1 aliphatic heterocycles. The lowest BCUT2D eigenvalue weighted by molar-refractivity contribution is 0.342. The molecule has 0 bridgehead atoms. The summed E-state index contributed by atoms with van der Waals surface area (Å²) in [6, 6.07) is 7.02. The van der Waals surface area contributed by atoms with Crippen LogP contribution in [0.1, 0.15) is 37.7 Å². The molecule has 3 rings (SSSR count). The first-order valence-electron chi connectivity index (χ1n) is 7.47. The lowest BCUT2D eigenvalue weighted by atomic mass is 9.85. The van der Waals surface area contributed by atoms with Gasteiger partial charge < -0.3 is 15.4 Å². The summed E-state index contributed by atoms with van der Waals surface area (Å²) in [5.41, 5.74) is 8.46. The molecule has 1 aliphatic carbocycles.